The van der Waals surface area contributed by atoms with Gasteiger partial charge in [-0.3, -0.25) is 9.59 Å². The van der Waals surface area contributed by atoms with E-state index in [2.05, 4.69) is 6.58 Å². The maximum Gasteiger partial charge on any atom is 0.306 e. The highest BCUT2D eigenvalue weighted by Gasteiger charge is 2.02. The first-order chi connectivity index (χ1) is 6.16. The molecule has 0 heterocycles. The normalized spacial score (nSPS) is 9.31. The highest BCUT2D eigenvalue weighted by atomic mass is 35.5. The van der Waals surface area contributed by atoms with Crippen molar-refractivity contribution < 1.29 is 14.3 Å². The third-order valence-electron chi connectivity index (χ3n) is 1.37. The molecular weight excluding hydrogens is 192 g/mol. The van der Waals surface area contributed by atoms with Crippen molar-refractivity contribution in [1.29, 1.82) is 0 Å². The molecule has 0 aliphatic rings. The SMILES string of the molecule is C=CCOC(=O)CCCCC(=O)Cl. The van der Waals surface area contributed by atoms with Gasteiger partial charge in [0.05, 0.1) is 0 Å². The van der Waals surface area contributed by atoms with Gasteiger partial charge in [-0.15, -0.1) is 0 Å². The van der Waals surface area contributed by atoms with E-state index >= 15 is 0 Å². The number of carbonyl (C=O) groups excluding carboxylic acids is 2. The van der Waals surface area contributed by atoms with Crippen LogP contribution in [0.2, 0.25) is 0 Å². The number of esters is 1. The van der Waals surface area contributed by atoms with Gasteiger partial charge in [-0.25, -0.2) is 0 Å². The monoisotopic (exact) mass is 204 g/mol. The quantitative estimate of drug-likeness (QED) is 0.276. The molecule has 0 saturated heterocycles. The van der Waals surface area contributed by atoms with Gasteiger partial charge in [0, 0.05) is 12.8 Å². The van der Waals surface area contributed by atoms with E-state index in [-0.39, 0.29) is 17.8 Å². The van der Waals surface area contributed by atoms with Gasteiger partial charge >= 0.3 is 5.97 Å². The van der Waals surface area contributed by atoms with Crippen LogP contribution in [0.5, 0.6) is 0 Å². The van der Waals surface area contributed by atoms with Gasteiger partial charge in [-0.2, -0.15) is 0 Å². The Balaban J connectivity index is 3.26. The Morgan fingerprint density at radius 2 is 1.92 bits per heavy atom. The standard InChI is InChI=1S/C9H13ClO3/c1-2-7-13-9(12)6-4-3-5-8(10)11/h2H,1,3-7H2. The average Bonchev–Trinajstić information content (AvgIpc) is 2.08. The highest BCUT2D eigenvalue weighted by Crippen LogP contribution is 2.03. The molecule has 0 saturated carbocycles. The minimum absolute atomic E-state index is 0.243. The van der Waals surface area contributed by atoms with Crippen LogP contribution in [-0.2, 0) is 14.3 Å². The minimum atomic E-state index is -0.362. The predicted octanol–water partition coefficient (Wildman–Crippen LogP) is 2.04. The highest BCUT2D eigenvalue weighted by molar-refractivity contribution is 6.63. The molecule has 0 aromatic rings. The number of hydrogen-bond donors (Lipinski definition) is 0. The Labute approximate surface area is 82.7 Å². The molecule has 0 radical (unpaired) electrons. The summed E-state index contributed by atoms with van der Waals surface area (Å²) in [5.41, 5.74) is 0. The predicted molar refractivity (Wildman–Crippen MR) is 50.5 cm³/mol. The Kier molecular flexibility index (Phi) is 7.30. The van der Waals surface area contributed by atoms with E-state index in [1.54, 1.807) is 0 Å². The smallest absolute Gasteiger partial charge is 0.306 e. The molecule has 0 aromatic carbocycles. The number of halogens is 1. The van der Waals surface area contributed by atoms with Gasteiger partial charge in [-0.1, -0.05) is 12.7 Å². The average molecular weight is 205 g/mol. The second-order valence-electron chi connectivity index (χ2n) is 2.53. The number of carbonyl (C=O) groups is 2. The maximum absolute atomic E-state index is 10.9. The molecule has 0 aromatic heterocycles. The van der Waals surface area contributed by atoms with Gasteiger partial charge < -0.3 is 4.74 Å². The van der Waals surface area contributed by atoms with Crippen LogP contribution in [0.4, 0.5) is 0 Å². The van der Waals surface area contributed by atoms with Gasteiger partial charge in [0.15, 0.2) is 0 Å². The number of hydrogen-bond acceptors (Lipinski definition) is 3. The first-order valence-corrected chi connectivity index (χ1v) is 4.49. The van der Waals surface area contributed by atoms with E-state index in [1.165, 1.54) is 6.08 Å². The Hall–Kier alpha value is -0.830. The second kappa shape index (κ2) is 7.80. The van der Waals surface area contributed by atoms with Gasteiger partial charge in [0.25, 0.3) is 0 Å². The van der Waals surface area contributed by atoms with Crippen molar-refractivity contribution >= 4 is 22.8 Å². The summed E-state index contributed by atoms with van der Waals surface area (Å²) in [5.74, 6) is -0.262. The van der Waals surface area contributed by atoms with Crippen LogP contribution >= 0.6 is 11.6 Å². The van der Waals surface area contributed by atoms with Crippen LogP contribution in [0.15, 0.2) is 12.7 Å². The van der Waals surface area contributed by atoms with Gasteiger partial charge in [0.2, 0.25) is 5.24 Å². The van der Waals surface area contributed by atoms with E-state index in [9.17, 15) is 9.59 Å². The van der Waals surface area contributed by atoms with Crippen molar-refractivity contribution in [2.24, 2.45) is 0 Å². The fraction of sp³-hybridized carbons (Fsp3) is 0.556. The number of ether oxygens (including phenoxy) is 1. The van der Waals surface area contributed by atoms with Crippen molar-refractivity contribution in [3.8, 4) is 0 Å². The van der Waals surface area contributed by atoms with Crippen LogP contribution in [-0.4, -0.2) is 17.8 Å². The molecule has 0 N–H and O–H groups in total. The molecule has 0 spiro atoms. The van der Waals surface area contributed by atoms with Crippen LogP contribution in [0.3, 0.4) is 0 Å². The molecule has 0 fully saturated rings. The summed E-state index contributed by atoms with van der Waals surface area (Å²) < 4.78 is 4.72. The van der Waals surface area contributed by atoms with Crippen molar-refractivity contribution in [1.82, 2.24) is 0 Å². The Morgan fingerprint density at radius 1 is 1.31 bits per heavy atom. The van der Waals surface area contributed by atoms with Gasteiger partial charge in [-0.05, 0) is 24.4 Å². The third kappa shape index (κ3) is 9.08. The molecule has 0 rings (SSSR count). The Bertz CT molecular complexity index is 189. The van der Waals surface area contributed by atoms with Crippen molar-refractivity contribution in [3.05, 3.63) is 12.7 Å². The molecule has 0 bridgehead atoms. The maximum atomic E-state index is 10.9. The van der Waals surface area contributed by atoms with E-state index in [0.29, 0.717) is 25.7 Å². The molecule has 4 heteroatoms. The van der Waals surface area contributed by atoms with E-state index < -0.39 is 0 Å². The third-order valence-corrected chi connectivity index (χ3v) is 1.56. The zero-order valence-corrected chi connectivity index (χ0v) is 8.18. The van der Waals surface area contributed by atoms with Gasteiger partial charge in [0.1, 0.15) is 6.61 Å². The topological polar surface area (TPSA) is 43.4 Å². The first kappa shape index (κ1) is 12.2. The van der Waals surface area contributed by atoms with Crippen molar-refractivity contribution in [3.63, 3.8) is 0 Å². The molecule has 0 amide bonds. The summed E-state index contributed by atoms with van der Waals surface area (Å²) in [6, 6.07) is 0. The summed E-state index contributed by atoms with van der Waals surface area (Å²) in [7, 11) is 0. The fourth-order valence-corrected chi connectivity index (χ4v) is 0.891. The molecule has 13 heavy (non-hydrogen) atoms. The lowest BCUT2D eigenvalue weighted by Gasteiger charge is -2.00. The molecule has 0 atom stereocenters. The number of rotatable bonds is 7. The summed E-state index contributed by atoms with van der Waals surface area (Å²) in [4.78, 5) is 21.2. The van der Waals surface area contributed by atoms with Crippen LogP contribution < -0.4 is 0 Å². The van der Waals surface area contributed by atoms with Crippen LogP contribution in [0.1, 0.15) is 25.7 Å². The lowest BCUT2D eigenvalue weighted by Crippen LogP contribution is -2.03. The molecular formula is C9H13ClO3. The molecule has 3 nitrogen and oxygen atoms in total. The number of unbranched alkanes of at least 4 members (excludes halogenated alkanes) is 1. The zero-order valence-electron chi connectivity index (χ0n) is 7.42. The van der Waals surface area contributed by atoms with E-state index in [4.69, 9.17) is 16.3 Å². The minimum Gasteiger partial charge on any atom is -0.461 e. The lowest BCUT2D eigenvalue weighted by atomic mass is 10.2. The summed E-state index contributed by atoms with van der Waals surface area (Å²) in [5, 5.41) is -0.362. The summed E-state index contributed by atoms with van der Waals surface area (Å²) in [6.07, 6.45) is 3.43. The summed E-state index contributed by atoms with van der Waals surface area (Å²) in [6.45, 7) is 3.66. The second-order valence-corrected chi connectivity index (χ2v) is 2.96. The van der Waals surface area contributed by atoms with E-state index in [0.717, 1.165) is 0 Å². The largest absolute Gasteiger partial charge is 0.461 e. The fourth-order valence-electron chi connectivity index (χ4n) is 0.757. The van der Waals surface area contributed by atoms with Crippen molar-refractivity contribution in [2.45, 2.75) is 25.7 Å². The van der Waals surface area contributed by atoms with Crippen LogP contribution in [0, 0.1) is 0 Å². The zero-order chi connectivity index (χ0) is 10.1. The van der Waals surface area contributed by atoms with Crippen LogP contribution in [0.25, 0.3) is 0 Å². The van der Waals surface area contributed by atoms with E-state index in [1.807, 2.05) is 0 Å². The summed E-state index contributed by atoms with van der Waals surface area (Å²) >= 11 is 5.11. The molecule has 0 aliphatic carbocycles. The lowest BCUT2D eigenvalue weighted by molar-refractivity contribution is -0.142. The van der Waals surface area contributed by atoms with Crippen molar-refractivity contribution in [2.75, 3.05) is 6.61 Å². The molecule has 0 unspecified atom stereocenters. The molecule has 74 valence electrons. The Morgan fingerprint density at radius 3 is 2.46 bits per heavy atom. The first-order valence-electron chi connectivity index (χ1n) is 4.11. The molecule has 0 aliphatic heterocycles.